The Morgan fingerprint density at radius 3 is 2.82 bits per heavy atom. The zero-order valence-electron chi connectivity index (χ0n) is 13.5. The predicted molar refractivity (Wildman–Crippen MR) is 85.7 cm³/mol. The molecule has 3 aliphatic heterocycles. The molecule has 3 aliphatic rings. The third kappa shape index (κ3) is 2.84. The molecule has 5 unspecified atom stereocenters. The average Bonchev–Trinajstić information content (AvgIpc) is 3.30. The van der Waals surface area contributed by atoms with Gasteiger partial charge in [0.2, 0.25) is 0 Å². The summed E-state index contributed by atoms with van der Waals surface area (Å²) in [5.41, 5.74) is 0. The minimum absolute atomic E-state index is 0.374. The summed E-state index contributed by atoms with van der Waals surface area (Å²) in [5.74, 6) is 1.79. The summed E-state index contributed by atoms with van der Waals surface area (Å²) in [6.07, 6.45) is 9.24. The number of rotatable bonds is 6. The number of hydrogen-bond donors (Lipinski definition) is 1. The highest BCUT2D eigenvalue weighted by atomic mass is 16.5. The van der Waals surface area contributed by atoms with Crippen LogP contribution < -0.4 is 5.32 Å². The van der Waals surface area contributed by atoms with Gasteiger partial charge in [0.25, 0.3) is 0 Å². The number of nitrogens with one attached hydrogen (secondary N) is 1. The molecule has 3 fully saturated rings. The van der Waals surface area contributed by atoms with Crippen LogP contribution in [0.3, 0.4) is 0 Å². The molecule has 2 bridgehead atoms. The zero-order chi connectivity index (χ0) is 14.9. The van der Waals surface area contributed by atoms with Gasteiger partial charge in [-0.25, -0.2) is 0 Å². The Kier molecular flexibility index (Phi) is 4.25. The van der Waals surface area contributed by atoms with E-state index in [0.29, 0.717) is 30.2 Å². The van der Waals surface area contributed by atoms with Gasteiger partial charge in [-0.3, -0.25) is 4.90 Å². The number of fused-ring (bicyclic) bond motifs is 2. The maximum Gasteiger partial charge on any atom is 0.122 e. The van der Waals surface area contributed by atoms with Crippen molar-refractivity contribution in [2.75, 3.05) is 19.6 Å². The van der Waals surface area contributed by atoms with E-state index in [0.717, 1.165) is 12.3 Å². The van der Waals surface area contributed by atoms with Crippen molar-refractivity contribution in [3.05, 3.63) is 24.2 Å². The Bertz CT molecular complexity index is 469. The fourth-order valence-corrected chi connectivity index (χ4v) is 4.60. The summed E-state index contributed by atoms with van der Waals surface area (Å²) >= 11 is 0. The van der Waals surface area contributed by atoms with E-state index in [1.165, 1.54) is 45.2 Å². The maximum absolute atomic E-state index is 6.02. The molecule has 122 valence electrons. The van der Waals surface area contributed by atoms with Gasteiger partial charge in [-0.15, -0.1) is 0 Å². The first-order valence-electron chi connectivity index (χ1n) is 8.97. The van der Waals surface area contributed by atoms with E-state index in [1.54, 1.807) is 6.26 Å². The van der Waals surface area contributed by atoms with Crippen LogP contribution in [0.2, 0.25) is 0 Å². The average molecular weight is 304 g/mol. The topological polar surface area (TPSA) is 37.6 Å². The Morgan fingerprint density at radius 2 is 2.18 bits per heavy atom. The van der Waals surface area contributed by atoms with E-state index in [4.69, 9.17) is 9.15 Å². The Hall–Kier alpha value is -0.840. The fourth-order valence-electron chi connectivity index (χ4n) is 4.60. The molecule has 1 N–H and O–H groups in total. The van der Waals surface area contributed by atoms with Crippen molar-refractivity contribution < 1.29 is 9.15 Å². The number of nitrogens with zero attached hydrogens (tertiary/aromatic N) is 1. The SMILES string of the molecule is CC(NCC(c1ccco1)N1CCCC1)C1CC2CCC1O2. The second kappa shape index (κ2) is 6.34. The molecule has 1 aromatic heterocycles. The van der Waals surface area contributed by atoms with E-state index in [9.17, 15) is 0 Å². The molecule has 0 spiro atoms. The molecule has 4 rings (SSSR count). The molecular weight excluding hydrogens is 276 g/mol. The summed E-state index contributed by atoms with van der Waals surface area (Å²) in [6, 6.07) is 5.02. The van der Waals surface area contributed by atoms with Crippen molar-refractivity contribution in [1.29, 1.82) is 0 Å². The van der Waals surface area contributed by atoms with Gasteiger partial charge >= 0.3 is 0 Å². The van der Waals surface area contributed by atoms with Gasteiger partial charge in [0.1, 0.15) is 5.76 Å². The molecule has 0 radical (unpaired) electrons. The highest BCUT2D eigenvalue weighted by molar-refractivity contribution is 5.06. The van der Waals surface area contributed by atoms with E-state index in [-0.39, 0.29) is 0 Å². The molecular formula is C18H28N2O2. The fraction of sp³-hybridized carbons (Fsp3) is 0.778. The van der Waals surface area contributed by atoms with E-state index < -0.39 is 0 Å². The van der Waals surface area contributed by atoms with E-state index >= 15 is 0 Å². The van der Waals surface area contributed by atoms with Crippen LogP contribution >= 0.6 is 0 Å². The van der Waals surface area contributed by atoms with Gasteiger partial charge in [-0.05, 0) is 64.3 Å². The Labute approximate surface area is 133 Å². The van der Waals surface area contributed by atoms with Crippen molar-refractivity contribution >= 4 is 0 Å². The molecule has 4 heterocycles. The van der Waals surface area contributed by atoms with Crippen molar-refractivity contribution in [3.8, 4) is 0 Å². The van der Waals surface area contributed by atoms with Gasteiger partial charge in [0, 0.05) is 18.5 Å². The lowest BCUT2D eigenvalue weighted by Gasteiger charge is -2.31. The Morgan fingerprint density at radius 1 is 1.32 bits per heavy atom. The molecule has 0 saturated carbocycles. The largest absolute Gasteiger partial charge is 0.468 e. The summed E-state index contributed by atoms with van der Waals surface area (Å²) in [6.45, 7) is 5.69. The standard InChI is InChI=1S/C18H28N2O2/c1-13(15-11-14-6-7-17(15)22-14)19-12-16(18-5-4-10-21-18)20-8-2-3-9-20/h4-5,10,13-17,19H,2-3,6-9,11-12H2,1H3. The van der Waals surface area contributed by atoms with Crippen LogP contribution in [0.4, 0.5) is 0 Å². The second-order valence-corrected chi connectivity index (χ2v) is 7.24. The number of likely N-dealkylation sites (tertiary alicyclic amines) is 1. The minimum Gasteiger partial charge on any atom is -0.468 e. The maximum atomic E-state index is 6.02. The zero-order valence-corrected chi connectivity index (χ0v) is 13.5. The van der Waals surface area contributed by atoms with Crippen molar-refractivity contribution in [2.24, 2.45) is 5.92 Å². The van der Waals surface area contributed by atoms with Gasteiger partial charge in [-0.1, -0.05) is 0 Å². The third-order valence-electron chi connectivity index (χ3n) is 5.88. The number of ether oxygens (including phenoxy) is 1. The van der Waals surface area contributed by atoms with Crippen LogP contribution in [-0.2, 0) is 4.74 Å². The predicted octanol–water partition coefficient (Wildman–Crippen LogP) is 2.96. The van der Waals surface area contributed by atoms with Crippen molar-refractivity contribution in [3.63, 3.8) is 0 Å². The summed E-state index contributed by atoms with van der Waals surface area (Å²) in [4.78, 5) is 2.57. The first-order chi connectivity index (χ1) is 10.8. The highest BCUT2D eigenvalue weighted by Crippen LogP contribution is 2.40. The molecule has 4 nitrogen and oxygen atoms in total. The smallest absolute Gasteiger partial charge is 0.122 e. The summed E-state index contributed by atoms with van der Waals surface area (Å²) in [7, 11) is 0. The molecule has 1 aromatic rings. The molecule has 22 heavy (non-hydrogen) atoms. The minimum atomic E-state index is 0.374. The van der Waals surface area contributed by atoms with Gasteiger partial charge in [0.15, 0.2) is 0 Å². The quantitative estimate of drug-likeness (QED) is 0.877. The monoisotopic (exact) mass is 304 g/mol. The number of hydrogen-bond acceptors (Lipinski definition) is 4. The van der Waals surface area contributed by atoms with E-state index in [1.807, 2.05) is 6.07 Å². The highest BCUT2D eigenvalue weighted by Gasteiger charge is 2.43. The van der Waals surface area contributed by atoms with Crippen LogP contribution in [0.25, 0.3) is 0 Å². The molecule has 3 saturated heterocycles. The van der Waals surface area contributed by atoms with Gasteiger partial charge < -0.3 is 14.5 Å². The summed E-state index contributed by atoms with van der Waals surface area (Å²) < 4.78 is 11.7. The molecule has 0 aliphatic carbocycles. The van der Waals surface area contributed by atoms with Gasteiger partial charge in [0.05, 0.1) is 24.5 Å². The van der Waals surface area contributed by atoms with Crippen LogP contribution in [0, 0.1) is 5.92 Å². The first kappa shape index (κ1) is 14.7. The lowest BCUT2D eigenvalue weighted by molar-refractivity contribution is 0.0859. The normalized spacial score (nSPS) is 34.3. The lowest BCUT2D eigenvalue weighted by Crippen LogP contribution is -2.43. The second-order valence-electron chi connectivity index (χ2n) is 7.24. The van der Waals surface area contributed by atoms with Crippen LogP contribution in [-0.4, -0.2) is 42.8 Å². The van der Waals surface area contributed by atoms with Crippen LogP contribution in [0.5, 0.6) is 0 Å². The lowest BCUT2D eigenvalue weighted by atomic mass is 9.84. The van der Waals surface area contributed by atoms with Crippen molar-refractivity contribution in [1.82, 2.24) is 10.2 Å². The molecule has 0 aromatic carbocycles. The molecule has 0 amide bonds. The van der Waals surface area contributed by atoms with Crippen LogP contribution in [0.15, 0.2) is 22.8 Å². The third-order valence-corrected chi connectivity index (χ3v) is 5.88. The van der Waals surface area contributed by atoms with E-state index in [2.05, 4.69) is 23.2 Å². The number of furan rings is 1. The first-order valence-corrected chi connectivity index (χ1v) is 8.97. The Balaban J connectivity index is 1.37. The molecule has 4 heteroatoms. The van der Waals surface area contributed by atoms with Crippen LogP contribution in [0.1, 0.15) is 50.8 Å². The van der Waals surface area contributed by atoms with Gasteiger partial charge in [-0.2, -0.15) is 0 Å². The summed E-state index contributed by atoms with van der Waals surface area (Å²) in [5, 5.41) is 3.79. The van der Waals surface area contributed by atoms with Crippen molar-refractivity contribution in [2.45, 2.75) is 63.3 Å². The molecule has 5 atom stereocenters.